The largest absolute Gasteiger partial charge is 0.368 e. The van der Waals surface area contributed by atoms with Gasteiger partial charge in [-0.25, -0.2) is 4.98 Å². The van der Waals surface area contributed by atoms with Crippen molar-refractivity contribution in [3.8, 4) is 11.3 Å². The number of nitrogens with one attached hydrogen (secondary N) is 1. The van der Waals surface area contributed by atoms with Gasteiger partial charge in [0.25, 0.3) is 5.91 Å². The molecule has 5 heteroatoms. The maximum absolute atomic E-state index is 11.8. The van der Waals surface area contributed by atoms with Gasteiger partial charge in [-0.05, 0) is 12.1 Å². The van der Waals surface area contributed by atoms with Crippen LogP contribution in [0, 0.1) is 0 Å². The summed E-state index contributed by atoms with van der Waals surface area (Å²) in [6.07, 6.45) is 0. The van der Waals surface area contributed by atoms with Crippen molar-refractivity contribution in [1.29, 1.82) is 0 Å². The maximum Gasteiger partial charge on any atom is 0.270 e. The van der Waals surface area contributed by atoms with E-state index in [0.717, 1.165) is 5.56 Å². The zero-order chi connectivity index (χ0) is 13.7. The molecule has 19 heavy (non-hydrogen) atoms. The topological polar surface area (TPSA) is 85.1 Å². The summed E-state index contributed by atoms with van der Waals surface area (Å²) in [7, 11) is 0. The minimum Gasteiger partial charge on any atom is -0.368 e. The molecular formula is C14H13N3O2. The van der Waals surface area contributed by atoms with Crippen molar-refractivity contribution in [2.45, 2.75) is 0 Å². The van der Waals surface area contributed by atoms with Crippen LogP contribution in [0.15, 0.2) is 48.5 Å². The SMILES string of the molecule is NC(=O)CNC(=O)c1cccc(-c2ccccc2)n1. The normalized spacial score (nSPS) is 9.89. The van der Waals surface area contributed by atoms with Gasteiger partial charge in [-0.3, -0.25) is 9.59 Å². The Balaban J connectivity index is 2.20. The minimum atomic E-state index is -0.590. The van der Waals surface area contributed by atoms with Gasteiger partial charge in [0.15, 0.2) is 0 Å². The Morgan fingerprint density at radius 3 is 2.47 bits per heavy atom. The summed E-state index contributed by atoms with van der Waals surface area (Å²) in [6.45, 7) is -0.198. The van der Waals surface area contributed by atoms with Crippen LogP contribution in [0.3, 0.4) is 0 Å². The summed E-state index contributed by atoms with van der Waals surface area (Å²) in [6, 6.07) is 14.7. The number of aromatic nitrogens is 1. The Morgan fingerprint density at radius 1 is 1.05 bits per heavy atom. The van der Waals surface area contributed by atoms with E-state index in [-0.39, 0.29) is 12.2 Å². The number of amides is 2. The first-order valence-electron chi connectivity index (χ1n) is 5.76. The van der Waals surface area contributed by atoms with E-state index in [0.29, 0.717) is 5.69 Å². The van der Waals surface area contributed by atoms with Gasteiger partial charge in [0.05, 0.1) is 12.2 Å². The molecule has 0 radical (unpaired) electrons. The molecule has 0 unspecified atom stereocenters. The van der Waals surface area contributed by atoms with E-state index < -0.39 is 11.8 Å². The summed E-state index contributed by atoms with van der Waals surface area (Å²) < 4.78 is 0. The molecule has 1 heterocycles. The number of carbonyl (C=O) groups excluding carboxylic acids is 2. The van der Waals surface area contributed by atoms with Crippen LogP contribution in [0.5, 0.6) is 0 Å². The molecule has 5 nitrogen and oxygen atoms in total. The molecule has 1 aromatic heterocycles. The Morgan fingerprint density at radius 2 is 1.79 bits per heavy atom. The zero-order valence-electron chi connectivity index (χ0n) is 10.2. The van der Waals surface area contributed by atoms with Gasteiger partial charge >= 0.3 is 0 Å². The van der Waals surface area contributed by atoms with Gasteiger partial charge in [-0.2, -0.15) is 0 Å². The number of pyridine rings is 1. The van der Waals surface area contributed by atoms with Crippen LogP contribution in [0.2, 0.25) is 0 Å². The van der Waals surface area contributed by atoms with Crippen molar-refractivity contribution in [2.75, 3.05) is 6.54 Å². The average Bonchev–Trinajstić information content (AvgIpc) is 2.46. The predicted molar refractivity (Wildman–Crippen MR) is 71.2 cm³/mol. The number of carbonyl (C=O) groups is 2. The molecule has 0 atom stereocenters. The molecule has 0 aliphatic heterocycles. The Bertz CT molecular complexity index is 597. The highest BCUT2D eigenvalue weighted by molar-refractivity contribution is 5.95. The molecule has 1 aromatic carbocycles. The average molecular weight is 255 g/mol. The lowest BCUT2D eigenvalue weighted by atomic mass is 10.1. The van der Waals surface area contributed by atoms with E-state index >= 15 is 0 Å². The van der Waals surface area contributed by atoms with Crippen LogP contribution < -0.4 is 11.1 Å². The minimum absolute atomic E-state index is 0.198. The van der Waals surface area contributed by atoms with Crippen molar-refractivity contribution in [1.82, 2.24) is 10.3 Å². The lowest BCUT2D eigenvalue weighted by Crippen LogP contribution is -2.33. The molecule has 2 rings (SSSR count). The molecule has 0 bridgehead atoms. The second-order valence-electron chi connectivity index (χ2n) is 3.92. The monoisotopic (exact) mass is 255 g/mol. The molecule has 0 spiro atoms. The van der Waals surface area contributed by atoms with E-state index in [1.54, 1.807) is 12.1 Å². The highest BCUT2D eigenvalue weighted by Gasteiger charge is 2.09. The van der Waals surface area contributed by atoms with E-state index in [9.17, 15) is 9.59 Å². The zero-order valence-corrected chi connectivity index (χ0v) is 10.2. The van der Waals surface area contributed by atoms with Crippen LogP contribution in [0.4, 0.5) is 0 Å². The molecule has 96 valence electrons. The van der Waals surface area contributed by atoms with Crippen molar-refractivity contribution in [2.24, 2.45) is 5.73 Å². The Hall–Kier alpha value is -2.69. The van der Waals surface area contributed by atoms with Crippen molar-refractivity contribution in [3.63, 3.8) is 0 Å². The molecule has 2 amide bonds. The number of hydrogen-bond donors (Lipinski definition) is 2. The molecule has 3 N–H and O–H groups in total. The summed E-state index contributed by atoms with van der Waals surface area (Å²) in [5.41, 5.74) is 6.84. The van der Waals surface area contributed by atoms with Crippen LogP contribution in [0.1, 0.15) is 10.5 Å². The van der Waals surface area contributed by atoms with Gasteiger partial charge in [-0.15, -0.1) is 0 Å². The van der Waals surface area contributed by atoms with Crippen LogP contribution in [-0.2, 0) is 4.79 Å². The Kier molecular flexibility index (Phi) is 3.87. The third-order valence-corrected chi connectivity index (χ3v) is 2.47. The van der Waals surface area contributed by atoms with Gasteiger partial charge in [0.1, 0.15) is 5.69 Å². The molecule has 0 saturated carbocycles. The van der Waals surface area contributed by atoms with E-state index in [1.807, 2.05) is 36.4 Å². The number of rotatable bonds is 4. The lowest BCUT2D eigenvalue weighted by molar-refractivity contribution is -0.117. The fourth-order valence-electron chi connectivity index (χ4n) is 1.59. The van der Waals surface area contributed by atoms with Gasteiger partial charge in [0, 0.05) is 5.56 Å². The number of nitrogens with two attached hydrogens (primary N) is 1. The first kappa shape index (κ1) is 12.8. The maximum atomic E-state index is 11.8. The van der Waals surface area contributed by atoms with Crippen molar-refractivity contribution in [3.05, 3.63) is 54.2 Å². The number of benzene rings is 1. The van der Waals surface area contributed by atoms with E-state index in [1.165, 1.54) is 0 Å². The van der Waals surface area contributed by atoms with Crippen molar-refractivity contribution < 1.29 is 9.59 Å². The summed E-state index contributed by atoms with van der Waals surface area (Å²) in [5, 5.41) is 2.40. The van der Waals surface area contributed by atoms with Gasteiger partial charge < -0.3 is 11.1 Å². The highest BCUT2D eigenvalue weighted by atomic mass is 16.2. The first-order valence-corrected chi connectivity index (χ1v) is 5.76. The van der Waals surface area contributed by atoms with E-state index in [2.05, 4.69) is 10.3 Å². The molecule has 2 aromatic rings. The molecule has 0 fully saturated rings. The van der Waals surface area contributed by atoms with Gasteiger partial charge in [0.2, 0.25) is 5.91 Å². The third-order valence-electron chi connectivity index (χ3n) is 2.47. The first-order chi connectivity index (χ1) is 9.16. The number of nitrogens with zero attached hydrogens (tertiary/aromatic N) is 1. The van der Waals surface area contributed by atoms with Crippen LogP contribution >= 0.6 is 0 Å². The van der Waals surface area contributed by atoms with Crippen LogP contribution in [0.25, 0.3) is 11.3 Å². The third kappa shape index (κ3) is 3.38. The van der Waals surface area contributed by atoms with Crippen molar-refractivity contribution >= 4 is 11.8 Å². The second-order valence-corrected chi connectivity index (χ2v) is 3.92. The summed E-state index contributed by atoms with van der Waals surface area (Å²) in [5.74, 6) is -1.01. The smallest absolute Gasteiger partial charge is 0.270 e. The van der Waals surface area contributed by atoms with E-state index in [4.69, 9.17) is 5.73 Å². The fourth-order valence-corrected chi connectivity index (χ4v) is 1.59. The highest BCUT2D eigenvalue weighted by Crippen LogP contribution is 2.16. The molecule has 0 aliphatic carbocycles. The fraction of sp³-hybridized carbons (Fsp3) is 0.0714. The molecule has 0 saturated heterocycles. The van der Waals surface area contributed by atoms with Crippen LogP contribution in [-0.4, -0.2) is 23.3 Å². The summed E-state index contributed by atoms with van der Waals surface area (Å²) in [4.78, 5) is 26.6. The summed E-state index contributed by atoms with van der Waals surface area (Å²) >= 11 is 0. The second kappa shape index (κ2) is 5.77. The number of hydrogen-bond acceptors (Lipinski definition) is 3. The standard InChI is InChI=1S/C14H13N3O2/c15-13(18)9-16-14(19)12-8-4-7-11(17-12)10-5-2-1-3-6-10/h1-8H,9H2,(H2,15,18)(H,16,19). The number of primary amides is 1. The quantitative estimate of drug-likeness (QED) is 0.853. The molecular weight excluding hydrogens is 242 g/mol. The Labute approximate surface area is 110 Å². The molecule has 0 aliphatic rings. The lowest BCUT2D eigenvalue weighted by Gasteiger charge is -2.05. The van der Waals surface area contributed by atoms with Gasteiger partial charge in [-0.1, -0.05) is 36.4 Å². The predicted octanol–water partition coefficient (Wildman–Crippen LogP) is 0.964.